The summed E-state index contributed by atoms with van der Waals surface area (Å²) < 4.78 is 58.3. The van der Waals surface area contributed by atoms with Crippen LogP contribution in [0, 0.1) is 29.6 Å². The zero-order valence-corrected chi connectivity index (χ0v) is 70.8. The number of benzene rings is 1. The number of rotatable bonds is 56. The van der Waals surface area contributed by atoms with Crippen molar-refractivity contribution in [3.8, 4) is 0 Å². The van der Waals surface area contributed by atoms with Crippen LogP contribution in [0.25, 0.3) is 0 Å². The number of nitrogens with zero attached hydrogens (tertiary/aromatic N) is 3. The number of aliphatic carboxylic acids is 1. The van der Waals surface area contributed by atoms with E-state index in [0.717, 1.165) is 5.56 Å². The van der Waals surface area contributed by atoms with E-state index in [1.807, 2.05) is 112 Å². The van der Waals surface area contributed by atoms with Crippen molar-refractivity contribution >= 4 is 59.4 Å². The summed E-state index contributed by atoms with van der Waals surface area (Å²) in [4.78, 5) is 135. The molecule has 0 radical (unpaired) electrons. The Morgan fingerprint density at radius 2 is 1.11 bits per heavy atom. The number of nitrogens with one attached hydrogen (secondary N) is 6. The van der Waals surface area contributed by atoms with Crippen molar-refractivity contribution in [2.75, 3.05) is 136 Å². The van der Waals surface area contributed by atoms with Crippen molar-refractivity contribution in [3.63, 3.8) is 0 Å². The highest BCUT2D eigenvalue weighted by atomic mass is 16.7. The first-order valence-electron chi connectivity index (χ1n) is 39.3. The van der Waals surface area contributed by atoms with E-state index < -0.39 is 115 Å². The molecule has 16 atom stereocenters. The largest absolute Gasteiger partial charge is 0.481 e. The van der Waals surface area contributed by atoms with Crippen LogP contribution in [0.2, 0.25) is 0 Å². The zero-order valence-electron chi connectivity index (χ0n) is 70.8. The highest BCUT2D eigenvalue weighted by molar-refractivity contribution is 5.92. The maximum Gasteiger partial charge on any atom is 0.407 e. The number of carboxylic acid groups (broad SMARTS) is 1. The van der Waals surface area contributed by atoms with E-state index in [-0.39, 0.29) is 157 Å². The number of esters is 1. The molecule has 1 heterocycles. The third kappa shape index (κ3) is 41.5. The van der Waals surface area contributed by atoms with Crippen LogP contribution >= 0.6 is 0 Å². The molecule has 35 heteroatoms. The van der Waals surface area contributed by atoms with Crippen LogP contribution in [-0.2, 0) is 96.9 Å². The molecule has 35 nitrogen and oxygen atoms in total. The Morgan fingerprint density at radius 1 is 0.584 bits per heavy atom. The summed E-state index contributed by atoms with van der Waals surface area (Å²) in [7, 11) is 12.6. The number of carbonyl (C=O) groups excluding carboxylic acids is 9. The molecule has 1 aliphatic rings. The van der Waals surface area contributed by atoms with Gasteiger partial charge in [0.05, 0.1) is 113 Å². The molecule has 113 heavy (non-hydrogen) atoms. The van der Waals surface area contributed by atoms with Crippen LogP contribution in [-0.4, -0.2) is 321 Å². The molecule has 7 amide bonds. The summed E-state index contributed by atoms with van der Waals surface area (Å²) in [6.45, 7) is 22.1. The molecule has 11 N–H and O–H groups in total. The number of hydrogen-bond donors (Lipinski definition) is 11. The molecule has 0 aliphatic carbocycles. The summed E-state index contributed by atoms with van der Waals surface area (Å²) in [6, 6.07) is 5.19. The number of likely N-dealkylation sites (N-methyl/N-ethyl adjacent to an activating group) is 2. The second-order valence-electron chi connectivity index (χ2n) is 28.8. The minimum absolute atomic E-state index is 0.00561. The van der Waals surface area contributed by atoms with E-state index >= 15 is 0 Å². The van der Waals surface area contributed by atoms with Gasteiger partial charge >= 0.3 is 24.1 Å². The summed E-state index contributed by atoms with van der Waals surface area (Å²) >= 11 is 0. The molecule has 0 bridgehead atoms. The first-order valence-corrected chi connectivity index (χ1v) is 39.3. The lowest BCUT2D eigenvalue weighted by Gasteiger charge is -2.41. The second-order valence-corrected chi connectivity index (χ2v) is 28.8. The Hall–Kier alpha value is -6.84. The number of aliphatic hydroxyl groups excluding tert-OH is 4. The predicted molar refractivity (Wildman–Crippen MR) is 419 cm³/mol. The highest BCUT2D eigenvalue weighted by Crippen LogP contribution is 2.30. The molecule has 1 aromatic rings. The quantitative estimate of drug-likeness (QED) is 0.0193. The predicted octanol–water partition coefficient (Wildman–Crippen LogP) is 3.16. The fourth-order valence-corrected chi connectivity index (χ4v) is 12.2. The van der Waals surface area contributed by atoms with Crippen molar-refractivity contribution < 1.29 is 126 Å². The van der Waals surface area contributed by atoms with Crippen molar-refractivity contribution in [1.82, 2.24) is 46.6 Å². The number of aliphatic hydroxyl groups is 4. The minimum Gasteiger partial charge on any atom is -0.481 e. The third-order valence-corrected chi connectivity index (χ3v) is 19.1. The molecular formula is C78H141N9O26. The van der Waals surface area contributed by atoms with E-state index in [2.05, 4.69) is 31.9 Å². The second kappa shape index (κ2) is 60.6. The van der Waals surface area contributed by atoms with Gasteiger partial charge in [-0.15, -0.1) is 0 Å². The molecule has 0 aromatic heterocycles. The Bertz CT molecular complexity index is 2800. The molecule has 654 valence electrons. The molecule has 0 spiro atoms. The number of amides is 7. The molecule has 6 unspecified atom stereocenters. The van der Waals surface area contributed by atoms with Gasteiger partial charge in [-0.2, -0.15) is 0 Å². The van der Waals surface area contributed by atoms with Gasteiger partial charge < -0.3 is 119 Å². The van der Waals surface area contributed by atoms with Crippen LogP contribution in [0.1, 0.15) is 153 Å². The Labute approximate surface area is 669 Å². The van der Waals surface area contributed by atoms with Gasteiger partial charge in [0, 0.05) is 68.7 Å². The van der Waals surface area contributed by atoms with Gasteiger partial charge in [-0.25, -0.2) is 14.4 Å². The molecule has 1 aliphatic heterocycles. The number of carbonyl (C=O) groups is 10. The number of Topliss-reactive ketones (excluding diaryl/α,β-unsaturated/α-hetero) is 1. The van der Waals surface area contributed by atoms with Gasteiger partial charge in [-0.1, -0.05) is 120 Å². The molecule has 0 saturated carbocycles. The lowest BCUT2D eigenvalue weighted by molar-refractivity contribution is -0.181. The summed E-state index contributed by atoms with van der Waals surface area (Å²) in [5.74, 6) is -4.97. The lowest BCUT2D eigenvalue weighted by atomic mass is 9.89. The maximum atomic E-state index is 14.5. The topological polar surface area (TPSA) is 455 Å². The van der Waals surface area contributed by atoms with Gasteiger partial charge in [0.25, 0.3) is 0 Å². The average Bonchev–Trinajstić information content (AvgIpc) is 1.72. The maximum absolute atomic E-state index is 14.5. The fraction of sp³-hybridized carbons (Fsp3) is 0.795. The van der Waals surface area contributed by atoms with Crippen LogP contribution in [0.15, 0.2) is 30.3 Å². The third-order valence-electron chi connectivity index (χ3n) is 19.1. The van der Waals surface area contributed by atoms with E-state index in [9.17, 15) is 53.1 Å². The average molecular weight is 1620 g/mol. The summed E-state index contributed by atoms with van der Waals surface area (Å²) in [5.41, 5.74) is 0.832. The van der Waals surface area contributed by atoms with Gasteiger partial charge in [-0.3, -0.25) is 38.5 Å². The van der Waals surface area contributed by atoms with E-state index in [0.29, 0.717) is 51.5 Å². The first kappa shape index (κ1) is 106. The number of carboxylic acids is 1. The number of alkyl carbamates (subject to hydrolysis) is 2. The normalized spacial score (nSPS) is 16.8. The monoisotopic (exact) mass is 1620 g/mol. The van der Waals surface area contributed by atoms with Crippen molar-refractivity contribution in [3.05, 3.63) is 35.9 Å². The number of ketones is 1. The van der Waals surface area contributed by atoms with E-state index in [1.54, 1.807) is 37.6 Å². The van der Waals surface area contributed by atoms with Gasteiger partial charge in [-0.05, 0) is 94.8 Å². The van der Waals surface area contributed by atoms with Crippen LogP contribution in [0.4, 0.5) is 9.59 Å². The van der Waals surface area contributed by atoms with Crippen molar-refractivity contribution in [1.29, 1.82) is 0 Å². The number of methoxy groups -OCH3 is 5. The number of hydrogen-bond acceptors (Lipinski definition) is 27. The number of likely N-dealkylation sites (tertiary alicyclic amines) is 1. The van der Waals surface area contributed by atoms with Crippen molar-refractivity contribution in [2.45, 2.75) is 239 Å². The van der Waals surface area contributed by atoms with E-state index in [4.69, 9.17) is 72.5 Å². The Morgan fingerprint density at radius 3 is 1.55 bits per heavy atom. The summed E-state index contributed by atoms with van der Waals surface area (Å²) in [6.07, 6.45) is -2.42. The van der Waals surface area contributed by atoms with Crippen LogP contribution in [0.5, 0.6) is 0 Å². The Balaban J connectivity index is 0.00000346. The fourth-order valence-electron chi connectivity index (χ4n) is 12.2. The molecule has 1 fully saturated rings. The van der Waals surface area contributed by atoms with E-state index in [1.165, 1.54) is 35.5 Å². The minimum atomic E-state index is -1.01. The van der Waals surface area contributed by atoms with Crippen molar-refractivity contribution in [2.24, 2.45) is 29.6 Å². The Kier molecular flexibility index (Phi) is 57.0. The molecule has 1 saturated heterocycles. The smallest absolute Gasteiger partial charge is 0.407 e. The molecule has 1 aromatic carbocycles. The first-order chi connectivity index (χ1) is 53.6. The number of ether oxygens (including phenoxy) is 11. The van der Waals surface area contributed by atoms with Gasteiger partial charge in [0.1, 0.15) is 25.3 Å². The summed E-state index contributed by atoms with van der Waals surface area (Å²) in [5, 5.41) is 60.6. The highest BCUT2D eigenvalue weighted by Gasteiger charge is 2.44. The van der Waals surface area contributed by atoms with Gasteiger partial charge in [0.15, 0.2) is 24.7 Å². The molecule has 2 rings (SSSR count). The SMILES string of the molecule is CCC(CO)OC(CO)OC.CCC(CO)OC(COC(=O)NCCC(=O)N[C@H](C(=O)OCCCNCC(=O)[C@H](Cc1ccccc1)NC(=O)[C@H](C)[C@@H](OC)[C@@H]1CCCN1C(=O)C[C@@H](OC)[C@H]([C@@H](C)CC)N(C)C(=O)[C@@H](NC(=O)[C@H](C(C)C)N(C)C)C(C)C)C(C)C)OC.CCC(CO)OC(COC(=O)NCCC(=O)O)OC. The standard InChI is InChI=1S/C60H104N8O15.C11H21NO7.C7H16O4/c1-17-40(9)54(67(13)58(75)51(37(3)4)65-57(74)53(39(7)8)66(11)12)47(78-14)33-49(72)68-30-22-26-45(68)55(80-16)41(10)56(73)63-44(32-42-24-20-19-21-25-42)46(70)34-61-28-23-31-81-59(76)52(38(5)6)64-48(71)27-29-62-60(77)82-36-50(79-15)83-43(18-2)35-69;1-3-8(6-13)19-10(17-2)7-18-11(16)12-5-4-9(14)15;1-3-6(4-8)11-7(5-9)10-2/h19-21,24-25,37-41,43-45,47,50-55,61,69H,17-18,22-23,26-36H2,1-16H3,(H,62,77)(H,63,73)(H,64,71)(H,65,74);8,10,13H,3-7H2,1-2H3,(H,12,16)(H,14,15);6-9H,3-5H2,1-2H3/t40-,41+,43?,44-,45-,47+,50?,51-,52-,53-,54-,55+;;/m0../s1. The van der Waals surface area contributed by atoms with Gasteiger partial charge in [0.2, 0.25) is 29.5 Å². The zero-order chi connectivity index (χ0) is 85.9. The van der Waals surface area contributed by atoms with Crippen LogP contribution < -0.4 is 31.9 Å². The van der Waals surface area contributed by atoms with Crippen LogP contribution in [0.3, 0.4) is 0 Å². The molecular weight excluding hydrogens is 1480 g/mol. The lowest BCUT2D eigenvalue weighted by Crippen LogP contribution is -2.59.